The zero-order valence-corrected chi connectivity index (χ0v) is 43.1. The number of methoxy groups -OCH3 is 1. The second-order valence-corrected chi connectivity index (χ2v) is 22.2. The highest BCUT2D eigenvalue weighted by Crippen LogP contribution is 2.43. The van der Waals surface area contributed by atoms with Gasteiger partial charge in [-0.1, -0.05) is 58.0 Å². The van der Waals surface area contributed by atoms with Crippen LogP contribution in [0.4, 0.5) is 0 Å². The summed E-state index contributed by atoms with van der Waals surface area (Å²) >= 11 is 0. The van der Waals surface area contributed by atoms with Crippen molar-refractivity contribution < 1.29 is 67.2 Å². The first-order valence-corrected chi connectivity index (χ1v) is 25.7. The molecule has 0 radical (unpaired) electrons. The molecule has 4 rings (SSSR count). The van der Waals surface area contributed by atoms with Crippen LogP contribution in [0.3, 0.4) is 0 Å². The van der Waals surface area contributed by atoms with E-state index in [2.05, 4.69) is 15.4 Å². The zero-order chi connectivity index (χ0) is 50.3. The van der Waals surface area contributed by atoms with Gasteiger partial charge < -0.3 is 64.6 Å². The Morgan fingerprint density at radius 1 is 0.940 bits per heavy atom. The number of carbonyl (C=O) groups is 1. The third kappa shape index (κ3) is 13.7. The number of nitrogens with one attached hydrogen (secondary N) is 3. The lowest BCUT2D eigenvalue weighted by Gasteiger charge is -2.53. The summed E-state index contributed by atoms with van der Waals surface area (Å²) in [7, 11) is -1.22. The first-order valence-electron chi connectivity index (χ1n) is 24.3. The van der Waals surface area contributed by atoms with Gasteiger partial charge in [0.15, 0.2) is 12.6 Å². The quantitative estimate of drug-likeness (QED) is 0.0876. The second-order valence-electron chi connectivity index (χ2n) is 20.4. The summed E-state index contributed by atoms with van der Waals surface area (Å²) in [5, 5.41) is 66.7. The zero-order valence-electron chi connectivity index (χ0n) is 42.3. The van der Waals surface area contributed by atoms with Gasteiger partial charge in [-0.15, -0.1) is 0 Å². The van der Waals surface area contributed by atoms with Crippen LogP contribution < -0.4 is 15.4 Å². The summed E-state index contributed by atoms with van der Waals surface area (Å²) in [5.41, 5.74) is -5.37. The minimum atomic E-state index is -4.11. The molecule has 3 saturated heterocycles. The van der Waals surface area contributed by atoms with Crippen molar-refractivity contribution in [2.24, 2.45) is 17.8 Å². The number of nitrogens with zero attached hydrogens (tertiary/aromatic N) is 1. The van der Waals surface area contributed by atoms with Crippen LogP contribution in [0.2, 0.25) is 0 Å². The van der Waals surface area contributed by atoms with Crippen molar-refractivity contribution in [3.05, 3.63) is 35.9 Å². The summed E-state index contributed by atoms with van der Waals surface area (Å²) in [4.78, 5) is 14.5. The third-order valence-corrected chi connectivity index (χ3v) is 16.3. The van der Waals surface area contributed by atoms with Crippen LogP contribution in [0, 0.1) is 17.8 Å². The molecule has 18 atom stereocenters. The van der Waals surface area contributed by atoms with Crippen molar-refractivity contribution in [1.82, 2.24) is 19.7 Å². The monoisotopic (exact) mass is 975 g/mol. The number of hydrogen-bond acceptors (Lipinski definition) is 16. The molecule has 10 unspecified atom stereocenters. The molecule has 3 heterocycles. The molecule has 1 aromatic carbocycles. The number of likely N-dealkylation sites (N-methyl/N-ethyl adjacent to an activating group) is 1. The predicted octanol–water partition coefficient (Wildman–Crippen LogP) is 2.38. The molecular weight excluding hydrogens is 889 g/mol. The molecule has 388 valence electrons. The minimum absolute atomic E-state index is 0.0218. The van der Waals surface area contributed by atoms with E-state index in [4.69, 9.17) is 28.4 Å². The van der Waals surface area contributed by atoms with E-state index in [0.717, 1.165) is 16.3 Å². The van der Waals surface area contributed by atoms with E-state index < -0.39 is 118 Å². The van der Waals surface area contributed by atoms with Gasteiger partial charge in [0.2, 0.25) is 0 Å². The number of aliphatic hydroxyl groups is 5. The van der Waals surface area contributed by atoms with Gasteiger partial charge in [0.05, 0.1) is 42.0 Å². The highest BCUT2D eigenvalue weighted by molar-refractivity contribution is 7.87. The molecule has 19 heteroatoms. The van der Waals surface area contributed by atoms with Gasteiger partial charge in [-0.2, -0.15) is 12.7 Å². The third-order valence-electron chi connectivity index (χ3n) is 14.7. The summed E-state index contributed by atoms with van der Waals surface area (Å²) < 4.78 is 69.6. The molecule has 1 aromatic rings. The van der Waals surface area contributed by atoms with E-state index in [1.54, 1.807) is 55.4 Å². The number of benzene rings is 1. The van der Waals surface area contributed by atoms with Crippen molar-refractivity contribution in [2.45, 2.75) is 204 Å². The van der Waals surface area contributed by atoms with E-state index in [9.17, 15) is 38.7 Å². The Bertz CT molecular complexity index is 1800. The average molecular weight is 975 g/mol. The summed E-state index contributed by atoms with van der Waals surface area (Å²) in [6.07, 6.45) is -8.77. The van der Waals surface area contributed by atoms with Crippen molar-refractivity contribution in [2.75, 3.05) is 40.3 Å². The fourth-order valence-electron chi connectivity index (χ4n) is 10.3. The Labute approximate surface area is 400 Å². The second kappa shape index (κ2) is 24.0. The fourth-order valence-corrected chi connectivity index (χ4v) is 11.4. The highest BCUT2D eigenvalue weighted by Gasteiger charge is 2.58. The van der Waals surface area contributed by atoms with Gasteiger partial charge in [-0.05, 0) is 105 Å². The lowest BCUT2D eigenvalue weighted by atomic mass is 9.75. The Hall–Kier alpha value is -1.92. The van der Waals surface area contributed by atoms with Crippen molar-refractivity contribution in [3.8, 4) is 0 Å². The maximum absolute atomic E-state index is 14.5. The number of hydrogen-bond donors (Lipinski definition) is 8. The highest BCUT2D eigenvalue weighted by atomic mass is 32.2. The van der Waals surface area contributed by atoms with Gasteiger partial charge >= 0.3 is 5.97 Å². The molecule has 67 heavy (non-hydrogen) atoms. The van der Waals surface area contributed by atoms with Gasteiger partial charge in [0.25, 0.3) is 10.2 Å². The number of ether oxygens (including phenoxy) is 6. The van der Waals surface area contributed by atoms with Crippen LogP contribution in [0.5, 0.6) is 0 Å². The Kier molecular flexibility index (Phi) is 20.7. The van der Waals surface area contributed by atoms with Crippen LogP contribution in [0.25, 0.3) is 0 Å². The molecule has 0 aromatic heterocycles. The number of rotatable bonds is 16. The smallest absolute Gasteiger partial charge is 0.311 e. The number of cyclic esters (lactones) is 1. The standard InChI is InChI=1S/C48H86N4O14S/c1-14-22-49-28-48(58)34(8)63-38(26-46(48,10)61-13)65-40-31(5)42(45(9,56)25-29(3)27-50-33(7)41(54)47(11,57)37(15-2)64-43(55)32(40)6)66-44-39(53)36(24-30(4)62-44)52(12)67(59,60)51-23-21-35-19-17-16-18-20-35/h16-20,29-34,36-42,44,49-51,53-54,56-58H,14-15,21-28H2,1-13H3/t29?,30-,31?,32?,33?,34+,36+,37?,38+,39-,40?,41?,42?,44+,45?,46-,47?,48+/m1/s1. The van der Waals surface area contributed by atoms with E-state index in [-0.39, 0.29) is 44.7 Å². The molecule has 0 saturated carbocycles. The number of aliphatic hydroxyl groups excluding tert-OH is 2. The molecule has 0 spiro atoms. The van der Waals surface area contributed by atoms with E-state index >= 15 is 0 Å². The molecule has 3 fully saturated rings. The molecule has 8 N–H and O–H groups in total. The minimum Gasteiger partial charge on any atom is -0.459 e. The summed E-state index contributed by atoms with van der Waals surface area (Å²) in [6, 6.07) is 7.80. The lowest BCUT2D eigenvalue weighted by Crippen LogP contribution is -2.70. The molecule has 0 aliphatic carbocycles. The van der Waals surface area contributed by atoms with Gasteiger partial charge in [0, 0.05) is 45.6 Å². The van der Waals surface area contributed by atoms with Crippen LogP contribution in [0.1, 0.15) is 114 Å². The largest absolute Gasteiger partial charge is 0.459 e. The number of esters is 1. The van der Waals surface area contributed by atoms with Crippen LogP contribution in [-0.4, -0.2) is 174 Å². The first-order chi connectivity index (χ1) is 31.2. The average Bonchev–Trinajstić information content (AvgIpc) is 3.27. The summed E-state index contributed by atoms with van der Waals surface area (Å²) in [6.45, 7) is 20.2. The maximum Gasteiger partial charge on any atom is 0.311 e. The molecule has 0 amide bonds. The Balaban J connectivity index is 1.77. The SMILES string of the molecule is CCCNC[C@]1(O)[C@H](C)O[C@@H](OC2C(C)C(=O)OC(CC)C(C)(O)C(O)C(C)NCC(C)CC(C)(O)C(O[C@@H]3O[C@H](C)C[C@H](N(C)S(=O)(=O)NCCc4ccccc4)[C@H]3O)C2C)C[C@@]1(C)OC. The lowest BCUT2D eigenvalue weighted by molar-refractivity contribution is -0.336. The van der Waals surface area contributed by atoms with Crippen molar-refractivity contribution in [1.29, 1.82) is 0 Å². The number of carbonyl (C=O) groups excluding carboxylic acids is 1. The van der Waals surface area contributed by atoms with Crippen molar-refractivity contribution in [3.63, 3.8) is 0 Å². The fraction of sp³-hybridized carbons (Fsp3) is 0.854. The molecule has 3 aliphatic heterocycles. The van der Waals surface area contributed by atoms with Crippen LogP contribution in [-0.2, 0) is 49.8 Å². The molecular formula is C48H86N4O14S. The van der Waals surface area contributed by atoms with Crippen LogP contribution >= 0.6 is 0 Å². The van der Waals surface area contributed by atoms with Gasteiger partial charge in [-0.25, -0.2) is 4.72 Å². The topological polar surface area (TPSA) is 247 Å². The van der Waals surface area contributed by atoms with Crippen LogP contribution in [0.15, 0.2) is 30.3 Å². The summed E-state index contributed by atoms with van der Waals surface area (Å²) in [5.74, 6) is -3.12. The van der Waals surface area contributed by atoms with Gasteiger partial charge in [-0.3, -0.25) is 4.79 Å². The molecule has 0 bridgehead atoms. The molecule has 18 nitrogen and oxygen atoms in total. The first kappa shape index (κ1) is 57.7. The van der Waals surface area contributed by atoms with Crippen molar-refractivity contribution >= 4 is 16.2 Å². The Morgan fingerprint density at radius 2 is 1.60 bits per heavy atom. The normalized spacial score (nSPS) is 42.2. The maximum atomic E-state index is 14.5. The predicted molar refractivity (Wildman–Crippen MR) is 253 cm³/mol. The van der Waals surface area contributed by atoms with E-state index in [1.807, 2.05) is 44.2 Å². The van der Waals surface area contributed by atoms with Gasteiger partial charge in [0.1, 0.15) is 35.1 Å². The Morgan fingerprint density at radius 3 is 2.21 bits per heavy atom. The van der Waals surface area contributed by atoms with E-state index in [1.165, 1.54) is 21.1 Å². The molecule has 3 aliphatic rings. The van der Waals surface area contributed by atoms with E-state index in [0.29, 0.717) is 19.5 Å².